The molecular weight excluding hydrogens is 222 g/mol. The van der Waals surface area contributed by atoms with Crippen LogP contribution in [0, 0.1) is 5.92 Å². The molecule has 0 aliphatic carbocycles. The molecule has 0 radical (unpaired) electrons. The van der Waals surface area contributed by atoms with Crippen LogP contribution >= 0.6 is 0 Å². The summed E-state index contributed by atoms with van der Waals surface area (Å²) in [7, 11) is 0. The normalized spacial score (nSPS) is 20.3. The number of carbonyl (C=O) groups excluding carboxylic acids is 1. The lowest BCUT2D eigenvalue weighted by Crippen LogP contribution is -2.41. The number of piperidine rings is 1. The van der Waals surface area contributed by atoms with Crippen molar-refractivity contribution in [1.29, 1.82) is 0 Å². The first-order valence-corrected chi connectivity index (χ1v) is 6.20. The van der Waals surface area contributed by atoms with Crippen LogP contribution in [0.1, 0.15) is 32.6 Å². The highest BCUT2D eigenvalue weighted by Gasteiger charge is 2.23. The highest BCUT2D eigenvalue weighted by Crippen LogP contribution is 2.17. The van der Waals surface area contributed by atoms with Gasteiger partial charge in [-0.25, -0.2) is 0 Å². The zero-order valence-corrected chi connectivity index (χ0v) is 10.4. The van der Waals surface area contributed by atoms with E-state index in [-0.39, 0.29) is 18.7 Å². The summed E-state index contributed by atoms with van der Waals surface area (Å²) >= 11 is 0. The molecule has 5 heteroatoms. The van der Waals surface area contributed by atoms with Gasteiger partial charge in [0.15, 0.2) is 0 Å². The Labute approximate surface area is 102 Å². The summed E-state index contributed by atoms with van der Waals surface area (Å²) in [6.45, 7) is 4.81. The van der Waals surface area contributed by atoms with Gasteiger partial charge in [-0.05, 0) is 25.7 Å². The maximum Gasteiger partial charge on any atom is 0.303 e. The van der Waals surface area contributed by atoms with Gasteiger partial charge in [0.1, 0.15) is 0 Å². The van der Waals surface area contributed by atoms with Gasteiger partial charge in [0, 0.05) is 26.1 Å². The predicted molar refractivity (Wildman–Crippen MR) is 62.7 cm³/mol. The number of likely N-dealkylation sites (tertiary alicyclic amines) is 1. The number of carboxylic acid groups (broad SMARTS) is 1. The van der Waals surface area contributed by atoms with Crippen LogP contribution in [-0.4, -0.2) is 48.2 Å². The minimum Gasteiger partial charge on any atom is -0.481 e. The second-order valence-corrected chi connectivity index (χ2v) is 4.40. The first-order chi connectivity index (χ1) is 8.13. The molecule has 1 atom stereocenters. The lowest BCUT2D eigenvalue weighted by molar-refractivity contribution is -0.141. The Bertz CT molecular complexity index is 267. The molecule has 1 N–H and O–H groups in total. The van der Waals surface area contributed by atoms with E-state index in [9.17, 15) is 9.59 Å². The topological polar surface area (TPSA) is 66.8 Å². The second-order valence-electron chi connectivity index (χ2n) is 4.40. The molecule has 0 aromatic heterocycles. The van der Waals surface area contributed by atoms with Gasteiger partial charge in [-0.3, -0.25) is 9.59 Å². The fraction of sp³-hybridized carbons (Fsp3) is 0.833. The highest BCUT2D eigenvalue weighted by molar-refractivity contribution is 5.80. The van der Waals surface area contributed by atoms with Gasteiger partial charge in [0.2, 0.25) is 5.91 Å². The van der Waals surface area contributed by atoms with Gasteiger partial charge in [-0.2, -0.15) is 0 Å². The Morgan fingerprint density at radius 3 is 2.82 bits per heavy atom. The lowest BCUT2D eigenvalue weighted by Gasteiger charge is -2.32. The minimum atomic E-state index is -0.916. The zero-order chi connectivity index (χ0) is 12.7. The fourth-order valence-corrected chi connectivity index (χ4v) is 2.08. The van der Waals surface area contributed by atoms with Gasteiger partial charge < -0.3 is 14.7 Å². The summed E-state index contributed by atoms with van der Waals surface area (Å²) in [5, 5.41) is 8.54. The SMILES string of the molecule is CCOC[C@H]1CCCN(C(=O)CCC(=O)O)C1. The zero-order valence-electron chi connectivity index (χ0n) is 10.4. The van der Waals surface area contributed by atoms with E-state index in [0.717, 1.165) is 19.4 Å². The minimum absolute atomic E-state index is 0.0476. The third-order valence-corrected chi connectivity index (χ3v) is 2.98. The summed E-state index contributed by atoms with van der Waals surface area (Å²) in [6.07, 6.45) is 2.10. The molecule has 0 bridgehead atoms. The lowest BCUT2D eigenvalue weighted by atomic mass is 9.98. The molecule has 98 valence electrons. The summed E-state index contributed by atoms with van der Waals surface area (Å²) in [5.41, 5.74) is 0. The number of carbonyl (C=O) groups is 2. The van der Waals surface area contributed by atoms with Crippen LogP contribution in [0.5, 0.6) is 0 Å². The molecule has 0 aromatic rings. The third-order valence-electron chi connectivity index (χ3n) is 2.98. The first kappa shape index (κ1) is 14.0. The Hall–Kier alpha value is -1.10. The molecule has 17 heavy (non-hydrogen) atoms. The number of hydrogen-bond acceptors (Lipinski definition) is 3. The van der Waals surface area contributed by atoms with Crippen LogP contribution in [0.2, 0.25) is 0 Å². The van der Waals surface area contributed by atoms with Crippen LogP contribution in [0.15, 0.2) is 0 Å². The number of carboxylic acids is 1. The quantitative estimate of drug-likeness (QED) is 0.759. The molecule has 5 nitrogen and oxygen atoms in total. The van der Waals surface area contributed by atoms with Gasteiger partial charge in [0.05, 0.1) is 13.0 Å². The van der Waals surface area contributed by atoms with Crippen LogP contribution < -0.4 is 0 Å². The summed E-state index contributed by atoms with van der Waals surface area (Å²) < 4.78 is 5.37. The number of rotatable bonds is 6. The molecule has 0 spiro atoms. The standard InChI is InChI=1S/C12H21NO4/c1-2-17-9-10-4-3-7-13(8-10)11(14)5-6-12(15)16/h10H,2-9H2,1H3,(H,15,16)/t10-/m0/s1. The molecule has 0 saturated carbocycles. The van der Waals surface area contributed by atoms with Crippen molar-refractivity contribution in [3.8, 4) is 0 Å². The van der Waals surface area contributed by atoms with Crippen molar-refractivity contribution in [2.24, 2.45) is 5.92 Å². The average Bonchev–Trinajstić information content (AvgIpc) is 2.33. The molecule has 1 aliphatic heterocycles. The van der Waals surface area contributed by atoms with Gasteiger partial charge in [-0.15, -0.1) is 0 Å². The van der Waals surface area contributed by atoms with E-state index in [1.165, 1.54) is 0 Å². The maximum atomic E-state index is 11.7. The van der Waals surface area contributed by atoms with E-state index < -0.39 is 5.97 Å². The molecule has 1 rings (SSSR count). The molecule has 1 saturated heterocycles. The van der Waals surface area contributed by atoms with E-state index in [1.54, 1.807) is 4.90 Å². The van der Waals surface area contributed by atoms with Gasteiger partial charge >= 0.3 is 5.97 Å². The summed E-state index contributed by atoms with van der Waals surface area (Å²) in [6, 6.07) is 0. The highest BCUT2D eigenvalue weighted by atomic mass is 16.5. The number of hydrogen-bond donors (Lipinski definition) is 1. The van der Waals surface area contributed by atoms with Crippen molar-refractivity contribution in [3.05, 3.63) is 0 Å². The molecule has 1 heterocycles. The van der Waals surface area contributed by atoms with Crippen LogP contribution in [0.4, 0.5) is 0 Å². The molecule has 0 aromatic carbocycles. The third kappa shape index (κ3) is 5.17. The Balaban J connectivity index is 2.32. The maximum absolute atomic E-state index is 11.7. The van der Waals surface area contributed by atoms with E-state index >= 15 is 0 Å². The predicted octanol–water partition coefficient (Wildman–Crippen LogP) is 1.13. The van der Waals surface area contributed by atoms with E-state index in [1.807, 2.05) is 6.92 Å². The fourth-order valence-electron chi connectivity index (χ4n) is 2.08. The van der Waals surface area contributed by atoms with Crippen LogP contribution in [0.25, 0.3) is 0 Å². The molecule has 1 amide bonds. The monoisotopic (exact) mass is 243 g/mol. The largest absolute Gasteiger partial charge is 0.481 e. The van der Waals surface area contributed by atoms with E-state index in [0.29, 0.717) is 25.7 Å². The van der Waals surface area contributed by atoms with Crippen molar-refractivity contribution < 1.29 is 19.4 Å². The number of ether oxygens (including phenoxy) is 1. The number of amides is 1. The van der Waals surface area contributed by atoms with E-state index in [4.69, 9.17) is 9.84 Å². The molecule has 0 unspecified atom stereocenters. The van der Waals surface area contributed by atoms with Gasteiger partial charge in [0.25, 0.3) is 0 Å². The van der Waals surface area contributed by atoms with Crippen molar-refractivity contribution in [1.82, 2.24) is 4.90 Å². The molecular formula is C12H21NO4. The summed E-state index contributed by atoms with van der Waals surface area (Å²) in [4.78, 5) is 23.9. The van der Waals surface area contributed by atoms with Crippen LogP contribution in [-0.2, 0) is 14.3 Å². The number of aliphatic carboxylic acids is 1. The Morgan fingerprint density at radius 2 is 2.18 bits per heavy atom. The van der Waals surface area contributed by atoms with Crippen molar-refractivity contribution in [2.75, 3.05) is 26.3 Å². The van der Waals surface area contributed by atoms with E-state index in [2.05, 4.69) is 0 Å². The Morgan fingerprint density at radius 1 is 1.41 bits per heavy atom. The van der Waals surface area contributed by atoms with Crippen molar-refractivity contribution in [2.45, 2.75) is 32.6 Å². The molecule has 1 fully saturated rings. The van der Waals surface area contributed by atoms with Gasteiger partial charge in [-0.1, -0.05) is 0 Å². The van der Waals surface area contributed by atoms with Crippen LogP contribution in [0.3, 0.4) is 0 Å². The second kappa shape index (κ2) is 7.27. The van der Waals surface area contributed by atoms with Crippen molar-refractivity contribution in [3.63, 3.8) is 0 Å². The first-order valence-electron chi connectivity index (χ1n) is 6.20. The smallest absolute Gasteiger partial charge is 0.303 e. The average molecular weight is 243 g/mol. The Kier molecular flexibility index (Phi) is 5.97. The van der Waals surface area contributed by atoms with Crippen molar-refractivity contribution >= 4 is 11.9 Å². The number of nitrogens with zero attached hydrogens (tertiary/aromatic N) is 1. The molecule has 1 aliphatic rings. The summed E-state index contributed by atoms with van der Waals surface area (Å²) in [5.74, 6) is -0.563.